The van der Waals surface area contributed by atoms with Crippen LogP contribution in [0.25, 0.3) is 11.4 Å². The number of benzene rings is 1. The molecule has 0 aliphatic carbocycles. The van der Waals surface area contributed by atoms with E-state index in [4.69, 9.17) is 0 Å². The van der Waals surface area contributed by atoms with Gasteiger partial charge in [-0.05, 0) is 38.2 Å². The number of hydrogen-bond acceptors (Lipinski definition) is 3. The third kappa shape index (κ3) is 3.11. The highest BCUT2D eigenvalue weighted by Gasteiger charge is 2.07. The minimum absolute atomic E-state index is 0.306. The van der Waals surface area contributed by atoms with E-state index in [0.29, 0.717) is 22.4 Å². The average Bonchev–Trinajstić information content (AvgIpc) is 2.27. The highest BCUT2D eigenvalue weighted by atomic mass is 79.9. The predicted octanol–water partition coefficient (Wildman–Crippen LogP) is 3.07. The lowest BCUT2D eigenvalue weighted by atomic mass is 10.2. The van der Waals surface area contributed by atoms with Crippen LogP contribution in [0, 0.1) is 12.7 Å². The molecule has 0 aliphatic rings. The molecule has 3 nitrogen and oxygen atoms in total. The molecule has 0 bridgehead atoms. The second kappa shape index (κ2) is 5.54. The molecule has 0 aliphatic heterocycles. The first-order valence-electron chi connectivity index (χ1n) is 5.54. The lowest BCUT2D eigenvalue weighted by molar-refractivity contribution is 0.627. The lowest BCUT2D eigenvalue weighted by Gasteiger charge is -2.06. The summed E-state index contributed by atoms with van der Waals surface area (Å²) in [6, 6.07) is 6.56. The summed E-state index contributed by atoms with van der Waals surface area (Å²) >= 11 is 3.27. The lowest BCUT2D eigenvalue weighted by Crippen LogP contribution is -2.08. The van der Waals surface area contributed by atoms with E-state index >= 15 is 0 Å². The van der Waals surface area contributed by atoms with E-state index in [1.54, 1.807) is 6.07 Å². The van der Waals surface area contributed by atoms with E-state index in [0.717, 1.165) is 11.4 Å². The normalized spacial score (nSPS) is 10.7. The molecule has 0 amide bonds. The summed E-state index contributed by atoms with van der Waals surface area (Å²) in [5, 5.41) is 3.04. The highest BCUT2D eigenvalue weighted by Crippen LogP contribution is 2.22. The van der Waals surface area contributed by atoms with E-state index in [2.05, 4.69) is 31.2 Å². The topological polar surface area (TPSA) is 37.8 Å². The van der Waals surface area contributed by atoms with Gasteiger partial charge >= 0.3 is 0 Å². The van der Waals surface area contributed by atoms with Gasteiger partial charge in [-0.25, -0.2) is 14.4 Å². The van der Waals surface area contributed by atoms with Crippen LogP contribution >= 0.6 is 15.9 Å². The minimum atomic E-state index is -0.306. The van der Waals surface area contributed by atoms with Crippen molar-refractivity contribution >= 4 is 15.9 Å². The summed E-state index contributed by atoms with van der Waals surface area (Å²) in [7, 11) is 1.86. The van der Waals surface area contributed by atoms with Crippen LogP contribution in [-0.4, -0.2) is 17.0 Å². The van der Waals surface area contributed by atoms with Crippen molar-refractivity contribution in [1.29, 1.82) is 0 Å². The minimum Gasteiger partial charge on any atom is -0.314 e. The van der Waals surface area contributed by atoms with Crippen LogP contribution < -0.4 is 5.32 Å². The van der Waals surface area contributed by atoms with Crippen molar-refractivity contribution in [3.63, 3.8) is 0 Å². The number of rotatable bonds is 3. The Labute approximate surface area is 114 Å². The van der Waals surface area contributed by atoms with Crippen LogP contribution in [0.3, 0.4) is 0 Å². The van der Waals surface area contributed by atoms with Crippen molar-refractivity contribution in [3.05, 3.63) is 45.9 Å². The maximum absolute atomic E-state index is 13.4. The molecule has 0 saturated carbocycles. The molecule has 0 atom stereocenters. The van der Waals surface area contributed by atoms with Gasteiger partial charge < -0.3 is 5.32 Å². The van der Waals surface area contributed by atoms with Gasteiger partial charge in [-0.2, -0.15) is 0 Å². The average molecular weight is 310 g/mol. The van der Waals surface area contributed by atoms with Gasteiger partial charge in [-0.15, -0.1) is 0 Å². The molecule has 0 saturated heterocycles. The Morgan fingerprint density at radius 3 is 2.67 bits per heavy atom. The molecule has 1 aromatic carbocycles. The predicted molar refractivity (Wildman–Crippen MR) is 72.6 cm³/mol. The fourth-order valence-electron chi connectivity index (χ4n) is 1.72. The van der Waals surface area contributed by atoms with Gasteiger partial charge in [0.2, 0.25) is 0 Å². The number of nitrogens with one attached hydrogen (secondary N) is 1. The fraction of sp³-hybridized carbons (Fsp3) is 0.231. The van der Waals surface area contributed by atoms with Crippen molar-refractivity contribution < 1.29 is 4.39 Å². The first-order valence-corrected chi connectivity index (χ1v) is 6.33. The zero-order valence-corrected chi connectivity index (χ0v) is 11.8. The van der Waals surface area contributed by atoms with E-state index in [1.165, 1.54) is 12.1 Å². The van der Waals surface area contributed by atoms with E-state index in [-0.39, 0.29) is 5.82 Å². The molecular weight excluding hydrogens is 297 g/mol. The quantitative estimate of drug-likeness (QED) is 0.947. The Morgan fingerprint density at radius 2 is 2.00 bits per heavy atom. The molecule has 94 valence electrons. The van der Waals surface area contributed by atoms with Gasteiger partial charge in [-0.1, -0.05) is 15.9 Å². The molecule has 18 heavy (non-hydrogen) atoms. The summed E-state index contributed by atoms with van der Waals surface area (Å²) in [6.45, 7) is 2.56. The fourth-order valence-corrected chi connectivity index (χ4v) is 2.18. The van der Waals surface area contributed by atoms with Crippen LogP contribution in [0.5, 0.6) is 0 Å². The third-order valence-electron chi connectivity index (χ3n) is 2.39. The Balaban J connectivity index is 2.49. The van der Waals surface area contributed by atoms with Crippen molar-refractivity contribution in [2.24, 2.45) is 0 Å². The van der Waals surface area contributed by atoms with E-state index < -0.39 is 0 Å². The Bertz CT molecular complexity index is 552. The maximum Gasteiger partial charge on any atom is 0.159 e. The SMILES string of the molecule is CNCc1cc(C)nc(-c2cc(F)cc(Br)c2)n1. The van der Waals surface area contributed by atoms with Crippen LogP contribution in [0.2, 0.25) is 0 Å². The Kier molecular flexibility index (Phi) is 4.04. The van der Waals surface area contributed by atoms with Crippen LogP contribution in [0.1, 0.15) is 11.4 Å². The zero-order chi connectivity index (χ0) is 13.1. The summed E-state index contributed by atoms with van der Waals surface area (Å²) in [4.78, 5) is 8.76. The summed E-state index contributed by atoms with van der Waals surface area (Å²) in [6.07, 6.45) is 0. The first-order chi connectivity index (χ1) is 8.58. The molecule has 0 unspecified atom stereocenters. The van der Waals surface area contributed by atoms with Gasteiger partial charge in [0.25, 0.3) is 0 Å². The smallest absolute Gasteiger partial charge is 0.159 e. The summed E-state index contributed by atoms with van der Waals surface area (Å²) in [5.41, 5.74) is 2.42. The van der Waals surface area contributed by atoms with Crippen LogP contribution in [-0.2, 0) is 6.54 Å². The molecule has 1 N–H and O–H groups in total. The first kappa shape index (κ1) is 13.1. The molecule has 0 spiro atoms. The molecule has 1 aromatic heterocycles. The van der Waals surface area contributed by atoms with Crippen molar-refractivity contribution in [2.45, 2.75) is 13.5 Å². The van der Waals surface area contributed by atoms with Gasteiger partial charge in [0.05, 0.1) is 5.69 Å². The molecule has 0 fully saturated rings. The monoisotopic (exact) mass is 309 g/mol. The maximum atomic E-state index is 13.4. The van der Waals surface area contributed by atoms with E-state index in [1.807, 2.05) is 20.0 Å². The number of aryl methyl sites for hydroxylation is 1. The molecule has 0 radical (unpaired) electrons. The second-order valence-corrected chi connectivity index (χ2v) is 4.93. The number of hydrogen-bond donors (Lipinski definition) is 1. The number of aromatic nitrogens is 2. The highest BCUT2D eigenvalue weighted by molar-refractivity contribution is 9.10. The Morgan fingerprint density at radius 1 is 1.22 bits per heavy atom. The van der Waals surface area contributed by atoms with Gasteiger partial charge in [0, 0.05) is 22.3 Å². The third-order valence-corrected chi connectivity index (χ3v) is 2.84. The van der Waals surface area contributed by atoms with Crippen molar-refractivity contribution in [3.8, 4) is 11.4 Å². The van der Waals surface area contributed by atoms with Crippen LogP contribution in [0.4, 0.5) is 4.39 Å². The molecule has 2 aromatic rings. The molecule has 2 rings (SSSR count). The number of halogens is 2. The summed E-state index contributed by atoms with van der Waals surface area (Å²) in [5.74, 6) is 0.236. The molecule has 5 heteroatoms. The van der Waals surface area contributed by atoms with Gasteiger partial charge in [0.1, 0.15) is 5.82 Å². The standard InChI is InChI=1S/C13H13BrFN3/c1-8-3-12(7-16-2)18-13(17-8)9-4-10(14)6-11(15)5-9/h3-6,16H,7H2,1-2H3. The van der Waals surface area contributed by atoms with E-state index in [9.17, 15) is 4.39 Å². The largest absolute Gasteiger partial charge is 0.314 e. The Hall–Kier alpha value is -1.33. The molecular formula is C13H13BrFN3. The van der Waals surface area contributed by atoms with Crippen molar-refractivity contribution in [2.75, 3.05) is 7.05 Å². The zero-order valence-electron chi connectivity index (χ0n) is 10.2. The molecule has 1 heterocycles. The van der Waals surface area contributed by atoms with Gasteiger partial charge in [-0.3, -0.25) is 0 Å². The van der Waals surface area contributed by atoms with Gasteiger partial charge in [0.15, 0.2) is 5.82 Å². The number of nitrogens with zero attached hydrogens (tertiary/aromatic N) is 2. The van der Waals surface area contributed by atoms with Crippen molar-refractivity contribution in [1.82, 2.24) is 15.3 Å². The van der Waals surface area contributed by atoms with Crippen LogP contribution in [0.15, 0.2) is 28.7 Å². The summed E-state index contributed by atoms with van der Waals surface area (Å²) < 4.78 is 14.0. The second-order valence-electron chi connectivity index (χ2n) is 4.01.